The summed E-state index contributed by atoms with van der Waals surface area (Å²) in [5.41, 5.74) is 0. The molecular weight excluding hydrogens is 721 g/mol. The zero-order valence-electron chi connectivity index (χ0n) is 39.8. The fraction of sp³-hybridized carbons (Fsp3) is 0.942. The van der Waals surface area contributed by atoms with Gasteiger partial charge in [0.05, 0.1) is 0 Å². The highest BCUT2D eigenvalue weighted by Crippen LogP contribution is 2.17. The largest absolute Gasteiger partial charge is 0.462 e. The lowest BCUT2D eigenvalue weighted by atomic mass is 10.0. The van der Waals surface area contributed by atoms with E-state index in [-0.39, 0.29) is 31.1 Å². The van der Waals surface area contributed by atoms with E-state index in [4.69, 9.17) is 14.2 Å². The van der Waals surface area contributed by atoms with Crippen molar-refractivity contribution in [3.8, 4) is 0 Å². The molecule has 0 aromatic heterocycles. The first kappa shape index (κ1) is 56.4. The van der Waals surface area contributed by atoms with Gasteiger partial charge < -0.3 is 14.2 Å². The van der Waals surface area contributed by atoms with E-state index in [1.54, 1.807) is 0 Å². The highest BCUT2D eigenvalue weighted by atomic mass is 16.6. The molecule has 6 nitrogen and oxygen atoms in total. The van der Waals surface area contributed by atoms with Crippen LogP contribution < -0.4 is 0 Å². The molecule has 0 aromatic carbocycles. The fourth-order valence-corrected chi connectivity index (χ4v) is 7.76. The molecule has 0 aromatic rings. The van der Waals surface area contributed by atoms with Gasteiger partial charge in [-0.15, -0.1) is 0 Å². The van der Waals surface area contributed by atoms with E-state index < -0.39 is 6.10 Å². The van der Waals surface area contributed by atoms with Gasteiger partial charge in [-0.25, -0.2) is 0 Å². The number of hydrogen-bond acceptors (Lipinski definition) is 6. The molecule has 58 heavy (non-hydrogen) atoms. The van der Waals surface area contributed by atoms with Crippen molar-refractivity contribution in [1.29, 1.82) is 0 Å². The van der Waals surface area contributed by atoms with Crippen molar-refractivity contribution in [2.45, 2.75) is 285 Å². The van der Waals surface area contributed by atoms with Gasteiger partial charge in [0.1, 0.15) is 13.2 Å². The predicted molar refractivity (Wildman–Crippen MR) is 247 cm³/mol. The van der Waals surface area contributed by atoms with Gasteiger partial charge in [-0.2, -0.15) is 0 Å². The third-order valence-corrected chi connectivity index (χ3v) is 11.6. The monoisotopic (exact) mass is 821 g/mol. The van der Waals surface area contributed by atoms with Gasteiger partial charge in [0.15, 0.2) is 6.10 Å². The molecule has 0 aliphatic heterocycles. The normalized spacial score (nSPS) is 12.2. The minimum Gasteiger partial charge on any atom is -0.462 e. The van der Waals surface area contributed by atoms with Gasteiger partial charge in [0.2, 0.25) is 0 Å². The Bertz CT molecular complexity index is 898. The molecule has 0 radical (unpaired) electrons. The smallest absolute Gasteiger partial charge is 0.306 e. The summed E-state index contributed by atoms with van der Waals surface area (Å²) in [6.45, 7) is 13.7. The van der Waals surface area contributed by atoms with Gasteiger partial charge in [0, 0.05) is 19.3 Å². The van der Waals surface area contributed by atoms with Crippen LogP contribution in [0.15, 0.2) is 0 Å². The Hall–Kier alpha value is -1.59. The van der Waals surface area contributed by atoms with Crippen molar-refractivity contribution in [1.82, 2.24) is 0 Å². The molecule has 6 heteroatoms. The number of ether oxygens (including phenoxy) is 3. The number of carbonyl (C=O) groups is 3. The molecule has 0 amide bonds. The quantitative estimate of drug-likeness (QED) is 0.0346. The first-order chi connectivity index (χ1) is 28.1. The summed E-state index contributed by atoms with van der Waals surface area (Å²) in [7, 11) is 0. The first-order valence-corrected chi connectivity index (χ1v) is 25.6. The second-order valence-electron chi connectivity index (χ2n) is 19.2. The summed E-state index contributed by atoms with van der Waals surface area (Å²) in [6, 6.07) is 0. The fourth-order valence-electron chi connectivity index (χ4n) is 7.76. The van der Waals surface area contributed by atoms with Crippen LogP contribution in [0.25, 0.3) is 0 Å². The topological polar surface area (TPSA) is 78.9 Å². The highest BCUT2D eigenvalue weighted by Gasteiger charge is 2.19. The summed E-state index contributed by atoms with van der Waals surface area (Å²) in [5, 5.41) is 0. The molecule has 0 aliphatic rings. The van der Waals surface area contributed by atoms with E-state index >= 15 is 0 Å². The summed E-state index contributed by atoms with van der Waals surface area (Å²) in [4.78, 5) is 37.9. The summed E-state index contributed by atoms with van der Waals surface area (Å²) >= 11 is 0. The Kier molecular flexibility index (Phi) is 42.3. The van der Waals surface area contributed by atoms with Crippen LogP contribution in [0.3, 0.4) is 0 Å². The van der Waals surface area contributed by atoms with E-state index in [0.717, 1.165) is 75.5 Å². The molecule has 0 N–H and O–H groups in total. The highest BCUT2D eigenvalue weighted by molar-refractivity contribution is 5.71. The predicted octanol–water partition coefficient (Wildman–Crippen LogP) is 16.4. The van der Waals surface area contributed by atoms with Crippen LogP contribution in [0.2, 0.25) is 0 Å². The molecule has 0 rings (SSSR count). The molecule has 0 fully saturated rings. The van der Waals surface area contributed by atoms with E-state index in [0.29, 0.717) is 19.3 Å². The third-order valence-electron chi connectivity index (χ3n) is 11.6. The van der Waals surface area contributed by atoms with Gasteiger partial charge in [-0.1, -0.05) is 241 Å². The van der Waals surface area contributed by atoms with Crippen molar-refractivity contribution < 1.29 is 28.6 Å². The van der Waals surface area contributed by atoms with Gasteiger partial charge in [0.25, 0.3) is 0 Å². The molecule has 0 saturated carbocycles. The van der Waals surface area contributed by atoms with Gasteiger partial charge in [-0.3, -0.25) is 14.4 Å². The molecule has 0 spiro atoms. The Labute approximate surface area is 361 Å². The number of rotatable bonds is 45. The molecule has 0 heterocycles. The van der Waals surface area contributed by atoms with Crippen LogP contribution in [-0.2, 0) is 28.6 Å². The Morgan fingerprint density at radius 3 is 0.741 bits per heavy atom. The average molecular weight is 821 g/mol. The third kappa shape index (κ3) is 45.5. The number of esters is 3. The molecule has 0 saturated heterocycles. The van der Waals surface area contributed by atoms with E-state index in [2.05, 4.69) is 41.5 Å². The molecular formula is C52H100O6. The van der Waals surface area contributed by atoms with Crippen LogP contribution in [0.1, 0.15) is 279 Å². The lowest BCUT2D eigenvalue weighted by molar-refractivity contribution is -0.167. The number of hydrogen-bond donors (Lipinski definition) is 0. The first-order valence-electron chi connectivity index (χ1n) is 25.6. The zero-order valence-corrected chi connectivity index (χ0v) is 39.8. The van der Waals surface area contributed by atoms with Crippen molar-refractivity contribution in [3.63, 3.8) is 0 Å². The molecule has 0 unspecified atom stereocenters. The number of carbonyl (C=O) groups excluding carboxylic acids is 3. The van der Waals surface area contributed by atoms with E-state index in [9.17, 15) is 14.4 Å². The van der Waals surface area contributed by atoms with Gasteiger partial charge >= 0.3 is 17.9 Å². The molecule has 1 atom stereocenters. The van der Waals surface area contributed by atoms with Crippen LogP contribution in [0.5, 0.6) is 0 Å². The summed E-state index contributed by atoms with van der Waals surface area (Å²) in [6.07, 6.45) is 42.3. The Balaban J connectivity index is 4.32. The second kappa shape index (κ2) is 43.5. The van der Waals surface area contributed by atoms with Crippen LogP contribution in [0, 0.1) is 17.8 Å². The second-order valence-corrected chi connectivity index (χ2v) is 19.2. The number of unbranched alkanes of at least 4 members (excludes halogenated alkanes) is 28. The van der Waals surface area contributed by atoms with E-state index in [1.165, 1.54) is 161 Å². The lowest BCUT2D eigenvalue weighted by Crippen LogP contribution is -2.30. The van der Waals surface area contributed by atoms with Crippen LogP contribution >= 0.6 is 0 Å². The van der Waals surface area contributed by atoms with Crippen molar-refractivity contribution in [2.24, 2.45) is 17.8 Å². The van der Waals surface area contributed by atoms with Crippen molar-refractivity contribution in [3.05, 3.63) is 0 Å². The minimum absolute atomic E-state index is 0.0650. The van der Waals surface area contributed by atoms with Crippen molar-refractivity contribution >= 4 is 17.9 Å². The SMILES string of the molecule is CC(C)CCCCCCCCCCCCCCC(=O)OC[C@H](COC(=O)CCCCCCCCCCC(C)C)OC(=O)CCCCCCCCCCCCCC(C)C. The maximum Gasteiger partial charge on any atom is 0.306 e. The van der Waals surface area contributed by atoms with Gasteiger partial charge in [-0.05, 0) is 37.0 Å². The summed E-state index contributed by atoms with van der Waals surface area (Å²) < 4.78 is 16.8. The van der Waals surface area contributed by atoms with Crippen molar-refractivity contribution in [2.75, 3.05) is 13.2 Å². The van der Waals surface area contributed by atoms with E-state index in [1.807, 2.05) is 0 Å². The standard InChI is InChI=1S/C52H100O6/c1-46(2)38-32-26-20-14-10-7-8-12-16-23-29-35-41-50(53)56-44-49(45-57-51(54)42-36-30-24-19-18-22-28-34-40-48(5)6)58-52(55)43-37-31-25-17-13-9-11-15-21-27-33-39-47(3)4/h46-49H,7-45H2,1-6H3/t49-/m1/s1. The van der Waals surface area contributed by atoms with Crippen LogP contribution in [0.4, 0.5) is 0 Å². The molecule has 344 valence electrons. The summed E-state index contributed by atoms with van der Waals surface area (Å²) in [5.74, 6) is 1.60. The average Bonchev–Trinajstić information content (AvgIpc) is 3.18. The lowest BCUT2D eigenvalue weighted by Gasteiger charge is -2.18. The maximum absolute atomic E-state index is 12.8. The Morgan fingerprint density at radius 1 is 0.293 bits per heavy atom. The molecule has 0 aliphatic carbocycles. The zero-order chi connectivity index (χ0) is 42.7. The Morgan fingerprint density at radius 2 is 0.500 bits per heavy atom. The minimum atomic E-state index is -0.762. The maximum atomic E-state index is 12.8. The van der Waals surface area contributed by atoms with Crippen LogP contribution in [-0.4, -0.2) is 37.2 Å². The molecule has 0 bridgehead atoms.